The summed E-state index contributed by atoms with van der Waals surface area (Å²) in [7, 11) is -3.68. The number of nitrogens with one attached hydrogen (secondary N) is 2. The number of carbonyl (C=O) groups excluding carboxylic acids is 1. The number of carbonyl (C=O) groups is 1. The average molecular weight is 403 g/mol. The minimum atomic E-state index is -3.68. The van der Waals surface area contributed by atoms with Gasteiger partial charge in [0.05, 0.1) is 4.90 Å². The molecule has 1 saturated heterocycles. The predicted octanol–water partition coefficient (Wildman–Crippen LogP) is 3.01. The second-order valence-electron chi connectivity index (χ2n) is 7.93. The molecule has 1 fully saturated rings. The van der Waals surface area contributed by atoms with Crippen LogP contribution in [0.3, 0.4) is 0 Å². The lowest BCUT2D eigenvalue weighted by Gasteiger charge is -2.20. The summed E-state index contributed by atoms with van der Waals surface area (Å²) < 4.78 is 27.6. The summed E-state index contributed by atoms with van der Waals surface area (Å²) in [6.45, 7) is 7.27. The van der Waals surface area contributed by atoms with Crippen molar-refractivity contribution in [2.45, 2.75) is 44.0 Å². The zero-order valence-electron chi connectivity index (χ0n) is 16.4. The van der Waals surface area contributed by atoms with Gasteiger partial charge in [-0.3, -0.25) is 9.78 Å². The highest BCUT2D eigenvalue weighted by Gasteiger charge is 2.22. The molecule has 0 unspecified atom stereocenters. The van der Waals surface area contributed by atoms with Gasteiger partial charge < -0.3 is 10.2 Å². The van der Waals surface area contributed by atoms with E-state index in [0.29, 0.717) is 11.4 Å². The smallest absolute Gasteiger partial charge is 0.274 e. The van der Waals surface area contributed by atoms with E-state index < -0.39 is 15.6 Å². The van der Waals surface area contributed by atoms with Crippen LogP contribution in [0.4, 0.5) is 11.4 Å². The maximum absolute atomic E-state index is 12.6. The van der Waals surface area contributed by atoms with Crippen LogP contribution in [0.25, 0.3) is 0 Å². The molecule has 0 bridgehead atoms. The number of pyridine rings is 1. The van der Waals surface area contributed by atoms with Crippen LogP contribution in [0, 0.1) is 0 Å². The summed E-state index contributed by atoms with van der Waals surface area (Å²) in [4.78, 5) is 19.1. The molecule has 1 aromatic heterocycles. The normalized spacial score (nSPS) is 14.9. The number of hydrogen-bond donors (Lipinski definition) is 2. The highest BCUT2D eigenvalue weighted by Crippen LogP contribution is 2.21. The third kappa shape index (κ3) is 5.08. The number of rotatable bonds is 5. The van der Waals surface area contributed by atoms with Gasteiger partial charge in [0, 0.05) is 36.2 Å². The summed E-state index contributed by atoms with van der Waals surface area (Å²) in [5.41, 5.74) is 1.07. The van der Waals surface area contributed by atoms with E-state index in [2.05, 4.69) is 19.9 Å². The summed E-state index contributed by atoms with van der Waals surface area (Å²) in [5, 5.41) is 2.74. The molecule has 0 spiro atoms. The van der Waals surface area contributed by atoms with Gasteiger partial charge >= 0.3 is 0 Å². The Labute approximate surface area is 166 Å². The topological polar surface area (TPSA) is 91.4 Å². The number of benzene rings is 1. The van der Waals surface area contributed by atoms with E-state index in [9.17, 15) is 13.2 Å². The lowest BCUT2D eigenvalue weighted by molar-refractivity contribution is 0.102. The third-order valence-electron chi connectivity index (χ3n) is 4.29. The molecule has 2 heterocycles. The fourth-order valence-corrected chi connectivity index (χ4v) is 4.58. The molecular formula is C20H26N4O3S. The number of nitrogens with zero attached hydrogens (tertiary/aromatic N) is 2. The number of amides is 1. The second-order valence-corrected chi connectivity index (χ2v) is 9.61. The Bertz CT molecular complexity index is 961. The van der Waals surface area contributed by atoms with Gasteiger partial charge in [-0.1, -0.05) is 6.07 Å². The first kappa shape index (κ1) is 20.3. The molecule has 1 amide bonds. The van der Waals surface area contributed by atoms with Crippen molar-refractivity contribution in [3.8, 4) is 0 Å². The third-order valence-corrected chi connectivity index (χ3v) is 6.05. The van der Waals surface area contributed by atoms with E-state index >= 15 is 0 Å². The molecular weight excluding hydrogens is 376 g/mol. The van der Waals surface area contributed by atoms with Crippen molar-refractivity contribution >= 4 is 27.3 Å². The quantitative estimate of drug-likeness (QED) is 0.802. The van der Waals surface area contributed by atoms with Crippen LogP contribution in [0.5, 0.6) is 0 Å². The van der Waals surface area contributed by atoms with Crippen LogP contribution in [0.2, 0.25) is 0 Å². The van der Waals surface area contributed by atoms with Gasteiger partial charge in [0.1, 0.15) is 5.69 Å². The van der Waals surface area contributed by atoms with E-state index in [0.717, 1.165) is 31.6 Å². The van der Waals surface area contributed by atoms with E-state index in [-0.39, 0.29) is 10.8 Å². The molecule has 8 heteroatoms. The number of aromatic nitrogens is 1. The molecule has 0 aliphatic carbocycles. The van der Waals surface area contributed by atoms with E-state index in [1.165, 1.54) is 12.1 Å². The molecule has 1 aliphatic heterocycles. The lowest BCUT2D eigenvalue weighted by atomic mass is 10.1. The fourth-order valence-electron chi connectivity index (χ4n) is 3.11. The maximum Gasteiger partial charge on any atom is 0.274 e. The summed E-state index contributed by atoms with van der Waals surface area (Å²) in [6, 6.07) is 9.85. The fraction of sp³-hybridized carbons (Fsp3) is 0.400. The molecule has 150 valence electrons. The molecule has 0 radical (unpaired) electrons. The van der Waals surface area contributed by atoms with Crippen LogP contribution in [0.15, 0.2) is 47.5 Å². The zero-order valence-corrected chi connectivity index (χ0v) is 17.2. The van der Waals surface area contributed by atoms with Crippen LogP contribution in [-0.2, 0) is 10.0 Å². The van der Waals surface area contributed by atoms with Gasteiger partial charge in [-0.2, -0.15) is 0 Å². The monoisotopic (exact) mass is 402 g/mol. The van der Waals surface area contributed by atoms with Crippen molar-refractivity contribution in [1.82, 2.24) is 9.71 Å². The first-order valence-electron chi connectivity index (χ1n) is 9.30. The maximum atomic E-state index is 12.6. The van der Waals surface area contributed by atoms with E-state index in [1.54, 1.807) is 45.2 Å². The largest absolute Gasteiger partial charge is 0.371 e. The Morgan fingerprint density at radius 1 is 1.11 bits per heavy atom. The highest BCUT2D eigenvalue weighted by molar-refractivity contribution is 7.89. The molecule has 2 aromatic rings. The first-order valence-corrected chi connectivity index (χ1v) is 10.8. The Morgan fingerprint density at radius 3 is 2.50 bits per heavy atom. The van der Waals surface area contributed by atoms with Gasteiger partial charge in [0.15, 0.2) is 0 Å². The Balaban J connectivity index is 1.77. The summed E-state index contributed by atoms with van der Waals surface area (Å²) in [5.74, 6) is -0.376. The number of anilines is 2. The minimum absolute atomic E-state index is 0.0963. The van der Waals surface area contributed by atoms with Gasteiger partial charge in [0.25, 0.3) is 5.91 Å². The van der Waals surface area contributed by atoms with Gasteiger partial charge in [0.2, 0.25) is 10.0 Å². The zero-order chi connectivity index (χ0) is 20.4. The molecule has 7 nitrogen and oxygen atoms in total. The second kappa shape index (κ2) is 7.89. The van der Waals surface area contributed by atoms with Gasteiger partial charge in [-0.25, -0.2) is 13.1 Å². The van der Waals surface area contributed by atoms with Crippen molar-refractivity contribution in [2.75, 3.05) is 23.3 Å². The molecule has 0 atom stereocenters. The van der Waals surface area contributed by atoms with Crippen molar-refractivity contribution in [3.63, 3.8) is 0 Å². The van der Waals surface area contributed by atoms with Gasteiger partial charge in [-0.15, -0.1) is 0 Å². The van der Waals surface area contributed by atoms with Crippen LogP contribution in [0.1, 0.15) is 44.1 Å². The molecule has 3 rings (SSSR count). The number of sulfonamides is 1. The Morgan fingerprint density at radius 2 is 1.82 bits per heavy atom. The standard InChI is InChI=1S/C20H26N4O3S/c1-20(2,3)23-28(26,27)17-8-6-7-15(13-17)22-19(25)18-14-16(9-10-21-18)24-11-4-5-12-24/h6-10,13-14,23H,4-5,11-12H2,1-3H3,(H,22,25). The Kier molecular flexibility index (Phi) is 5.71. The van der Waals surface area contributed by atoms with E-state index in [1.807, 2.05) is 6.07 Å². The van der Waals surface area contributed by atoms with Crippen molar-refractivity contribution < 1.29 is 13.2 Å². The molecule has 2 N–H and O–H groups in total. The van der Waals surface area contributed by atoms with Crippen molar-refractivity contribution in [1.29, 1.82) is 0 Å². The summed E-state index contributed by atoms with van der Waals surface area (Å²) in [6.07, 6.45) is 3.91. The average Bonchev–Trinajstić information content (AvgIpc) is 3.15. The Hall–Kier alpha value is -2.45. The highest BCUT2D eigenvalue weighted by atomic mass is 32.2. The molecule has 28 heavy (non-hydrogen) atoms. The van der Waals surface area contributed by atoms with Crippen LogP contribution >= 0.6 is 0 Å². The molecule has 0 saturated carbocycles. The first-order chi connectivity index (χ1) is 13.1. The number of hydrogen-bond acceptors (Lipinski definition) is 5. The van der Waals surface area contributed by atoms with Crippen molar-refractivity contribution in [2.24, 2.45) is 0 Å². The molecule has 1 aromatic carbocycles. The summed E-state index contributed by atoms with van der Waals surface area (Å²) >= 11 is 0. The molecule has 1 aliphatic rings. The van der Waals surface area contributed by atoms with Gasteiger partial charge in [-0.05, 0) is 63.9 Å². The van der Waals surface area contributed by atoms with E-state index in [4.69, 9.17) is 0 Å². The van der Waals surface area contributed by atoms with Crippen molar-refractivity contribution in [3.05, 3.63) is 48.3 Å². The van der Waals surface area contributed by atoms with Crippen LogP contribution in [-0.4, -0.2) is 37.9 Å². The minimum Gasteiger partial charge on any atom is -0.371 e. The lowest BCUT2D eigenvalue weighted by Crippen LogP contribution is -2.40. The van der Waals surface area contributed by atoms with Crippen LogP contribution < -0.4 is 14.9 Å². The predicted molar refractivity (Wildman–Crippen MR) is 110 cm³/mol. The SMILES string of the molecule is CC(C)(C)NS(=O)(=O)c1cccc(NC(=O)c2cc(N3CCCC3)ccn2)c1.